The van der Waals surface area contributed by atoms with E-state index < -0.39 is 17.5 Å². The molecule has 0 aliphatic carbocycles. The second-order valence-electron chi connectivity index (χ2n) is 5.26. The average Bonchev–Trinajstić information content (AvgIpc) is 2.62. The smallest absolute Gasteiger partial charge is 0.262 e. The number of anilines is 1. The van der Waals surface area contributed by atoms with Crippen molar-refractivity contribution < 1.29 is 13.6 Å². The zero-order valence-corrected chi connectivity index (χ0v) is 13.8. The number of carbonyl (C=O) groups excluding carboxylic acids is 1. The quantitative estimate of drug-likeness (QED) is 0.667. The molecule has 0 saturated heterocycles. The van der Waals surface area contributed by atoms with Gasteiger partial charge in [0.2, 0.25) is 0 Å². The van der Waals surface area contributed by atoms with Gasteiger partial charge in [-0.25, -0.2) is 13.8 Å². The van der Waals surface area contributed by atoms with Crippen LogP contribution in [0, 0.1) is 11.6 Å². The summed E-state index contributed by atoms with van der Waals surface area (Å²) in [4.78, 5) is 18.2. The molecule has 1 aromatic heterocycles. The summed E-state index contributed by atoms with van der Waals surface area (Å²) in [6.45, 7) is -0.171. The second kappa shape index (κ2) is 7.40. The molecule has 6 heteroatoms. The van der Waals surface area contributed by atoms with Crippen LogP contribution in [0.3, 0.4) is 0 Å². The maximum absolute atomic E-state index is 14.2. The fraction of sp³-hybridized carbons (Fsp3) is 0.0526. The summed E-state index contributed by atoms with van der Waals surface area (Å²) in [6.07, 6.45) is 1.50. The van der Waals surface area contributed by atoms with E-state index in [-0.39, 0.29) is 28.5 Å². The summed E-state index contributed by atoms with van der Waals surface area (Å²) in [5, 5.41) is 0.183. The predicted molar refractivity (Wildman–Crippen MR) is 92.6 cm³/mol. The first kappa shape index (κ1) is 17.0. The van der Waals surface area contributed by atoms with Crippen molar-refractivity contribution in [2.24, 2.45) is 0 Å². The minimum absolute atomic E-state index is 0.124. The first-order valence-electron chi connectivity index (χ1n) is 7.48. The lowest BCUT2D eigenvalue weighted by atomic mass is 10.1. The molecule has 2 aromatic carbocycles. The van der Waals surface area contributed by atoms with Crippen LogP contribution >= 0.6 is 11.6 Å². The molecule has 0 atom stereocenters. The normalized spacial score (nSPS) is 10.5. The average molecular weight is 359 g/mol. The fourth-order valence-corrected chi connectivity index (χ4v) is 2.61. The molecule has 0 unspecified atom stereocenters. The van der Waals surface area contributed by atoms with Gasteiger partial charge in [0.05, 0.1) is 12.1 Å². The van der Waals surface area contributed by atoms with Gasteiger partial charge in [-0.15, -0.1) is 0 Å². The summed E-state index contributed by atoms with van der Waals surface area (Å²) in [7, 11) is 0. The van der Waals surface area contributed by atoms with Crippen molar-refractivity contribution in [2.75, 3.05) is 4.90 Å². The van der Waals surface area contributed by atoms with Crippen molar-refractivity contribution in [3.63, 3.8) is 0 Å². The van der Waals surface area contributed by atoms with E-state index in [1.54, 1.807) is 24.3 Å². The zero-order valence-electron chi connectivity index (χ0n) is 13.0. The third-order valence-electron chi connectivity index (χ3n) is 3.65. The lowest BCUT2D eigenvalue weighted by Crippen LogP contribution is -2.32. The number of carbonyl (C=O) groups is 1. The minimum Gasteiger partial charge on any atom is -0.288 e. The summed E-state index contributed by atoms with van der Waals surface area (Å²) >= 11 is 6.07. The maximum Gasteiger partial charge on any atom is 0.262 e. The largest absolute Gasteiger partial charge is 0.288 e. The van der Waals surface area contributed by atoms with Crippen LogP contribution in [0.1, 0.15) is 15.9 Å². The van der Waals surface area contributed by atoms with E-state index in [9.17, 15) is 13.6 Å². The predicted octanol–water partition coefficient (Wildman–Crippen LogP) is 4.86. The van der Waals surface area contributed by atoms with E-state index in [4.69, 9.17) is 11.6 Å². The van der Waals surface area contributed by atoms with Crippen LogP contribution in [0.2, 0.25) is 5.02 Å². The number of rotatable bonds is 4. The van der Waals surface area contributed by atoms with Gasteiger partial charge >= 0.3 is 0 Å². The molecule has 1 heterocycles. The Balaban J connectivity index is 2.05. The second-order valence-corrected chi connectivity index (χ2v) is 5.67. The van der Waals surface area contributed by atoms with Crippen molar-refractivity contribution in [1.29, 1.82) is 0 Å². The Morgan fingerprint density at radius 3 is 2.36 bits per heavy atom. The standard InChI is InChI=1S/C19H13ClF2N2O/c20-15-7-5-9-17(22)14(15)12-24(18-10-3-4-11-23-18)19(25)13-6-1-2-8-16(13)21/h1-11H,12H2. The molecule has 0 spiro atoms. The van der Waals surface area contributed by atoms with Gasteiger partial charge in [0.15, 0.2) is 0 Å². The van der Waals surface area contributed by atoms with E-state index >= 15 is 0 Å². The molecule has 0 aliphatic rings. The number of pyridine rings is 1. The zero-order chi connectivity index (χ0) is 17.8. The summed E-state index contributed by atoms with van der Waals surface area (Å²) in [5.74, 6) is -1.56. The van der Waals surface area contributed by atoms with Crippen molar-refractivity contribution in [3.05, 3.63) is 94.6 Å². The van der Waals surface area contributed by atoms with Crippen LogP contribution in [0.25, 0.3) is 0 Å². The lowest BCUT2D eigenvalue weighted by molar-refractivity contribution is 0.0980. The van der Waals surface area contributed by atoms with Crippen LogP contribution in [-0.2, 0) is 6.54 Å². The molecule has 25 heavy (non-hydrogen) atoms. The van der Waals surface area contributed by atoms with E-state index in [0.717, 1.165) is 0 Å². The third kappa shape index (κ3) is 3.67. The highest BCUT2D eigenvalue weighted by atomic mass is 35.5. The molecule has 3 aromatic rings. The molecule has 0 radical (unpaired) electrons. The minimum atomic E-state index is -0.659. The number of nitrogens with zero attached hydrogens (tertiary/aromatic N) is 2. The van der Waals surface area contributed by atoms with E-state index in [1.807, 2.05) is 0 Å². The van der Waals surface area contributed by atoms with Crippen molar-refractivity contribution in [3.8, 4) is 0 Å². The molecular formula is C19H13ClF2N2O. The highest BCUT2D eigenvalue weighted by Gasteiger charge is 2.23. The number of halogens is 3. The monoisotopic (exact) mass is 358 g/mol. The van der Waals surface area contributed by atoms with Crippen molar-refractivity contribution >= 4 is 23.3 Å². The van der Waals surface area contributed by atoms with Crippen LogP contribution in [0.4, 0.5) is 14.6 Å². The summed E-state index contributed by atoms with van der Waals surface area (Å²) < 4.78 is 28.2. The van der Waals surface area contributed by atoms with Crippen LogP contribution < -0.4 is 4.90 Å². The van der Waals surface area contributed by atoms with Gasteiger partial charge in [0, 0.05) is 16.8 Å². The Morgan fingerprint density at radius 2 is 1.68 bits per heavy atom. The lowest BCUT2D eigenvalue weighted by Gasteiger charge is -2.23. The molecule has 3 rings (SSSR count). The Hall–Kier alpha value is -2.79. The van der Waals surface area contributed by atoms with Crippen molar-refractivity contribution in [1.82, 2.24) is 4.98 Å². The van der Waals surface area contributed by atoms with E-state index in [2.05, 4.69) is 4.98 Å². The highest BCUT2D eigenvalue weighted by Crippen LogP contribution is 2.25. The van der Waals surface area contributed by atoms with Gasteiger partial charge in [-0.05, 0) is 36.4 Å². The van der Waals surface area contributed by atoms with Crippen LogP contribution in [-0.4, -0.2) is 10.9 Å². The van der Waals surface area contributed by atoms with Gasteiger partial charge in [0.25, 0.3) is 5.91 Å². The Morgan fingerprint density at radius 1 is 0.960 bits per heavy atom. The van der Waals surface area contributed by atoms with Gasteiger partial charge in [-0.1, -0.05) is 35.9 Å². The van der Waals surface area contributed by atoms with Crippen LogP contribution in [0.15, 0.2) is 66.9 Å². The molecule has 1 amide bonds. The van der Waals surface area contributed by atoms with E-state index in [1.165, 1.54) is 47.5 Å². The third-order valence-corrected chi connectivity index (χ3v) is 4.01. The number of hydrogen-bond donors (Lipinski definition) is 0. The Bertz CT molecular complexity index is 883. The van der Waals surface area contributed by atoms with Crippen molar-refractivity contribution in [2.45, 2.75) is 6.54 Å². The first-order valence-corrected chi connectivity index (χ1v) is 7.86. The fourth-order valence-electron chi connectivity index (χ4n) is 2.39. The number of hydrogen-bond acceptors (Lipinski definition) is 2. The van der Waals surface area contributed by atoms with Gasteiger partial charge in [0.1, 0.15) is 17.5 Å². The highest BCUT2D eigenvalue weighted by molar-refractivity contribution is 6.31. The van der Waals surface area contributed by atoms with Gasteiger partial charge < -0.3 is 0 Å². The van der Waals surface area contributed by atoms with E-state index in [0.29, 0.717) is 0 Å². The SMILES string of the molecule is O=C(c1ccccc1F)N(Cc1c(F)cccc1Cl)c1ccccn1. The molecule has 0 N–H and O–H groups in total. The molecule has 126 valence electrons. The molecule has 3 nitrogen and oxygen atoms in total. The molecule has 0 bridgehead atoms. The molecular weight excluding hydrogens is 346 g/mol. The number of amides is 1. The number of benzene rings is 2. The maximum atomic E-state index is 14.2. The number of aromatic nitrogens is 1. The van der Waals surface area contributed by atoms with Gasteiger partial charge in [-0.3, -0.25) is 9.69 Å². The van der Waals surface area contributed by atoms with Gasteiger partial charge in [-0.2, -0.15) is 0 Å². The Labute approximate surface area is 148 Å². The topological polar surface area (TPSA) is 33.2 Å². The Kier molecular flexibility index (Phi) is 5.05. The molecule has 0 aliphatic heterocycles. The van der Waals surface area contributed by atoms with Crippen LogP contribution in [0.5, 0.6) is 0 Å². The molecule has 0 saturated carbocycles. The first-order chi connectivity index (χ1) is 12.1. The summed E-state index contributed by atoms with van der Waals surface area (Å²) in [5.41, 5.74) is 0.0140. The summed E-state index contributed by atoms with van der Waals surface area (Å²) in [6, 6.07) is 14.8. The molecule has 0 fully saturated rings.